The fourth-order valence-electron chi connectivity index (χ4n) is 2.85. The molecular weight excluding hydrogens is 320 g/mol. The molecule has 25 heavy (non-hydrogen) atoms. The second-order valence-electron chi connectivity index (χ2n) is 6.21. The third kappa shape index (κ3) is 4.09. The smallest absolute Gasteiger partial charge is 0.289 e. The molecular formula is C19H22N2O4. The zero-order chi connectivity index (χ0) is 17.8. The van der Waals surface area contributed by atoms with Crippen LogP contribution in [0.1, 0.15) is 41.8 Å². The minimum Gasteiger partial charge on any atom is -0.454 e. The molecule has 6 nitrogen and oxygen atoms in total. The van der Waals surface area contributed by atoms with Crippen LogP contribution in [0.5, 0.6) is 0 Å². The summed E-state index contributed by atoms with van der Waals surface area (Å²) in [5.74, 6) is 0.530. The van der Waals surface area contributed by atoms with E-state index in [4.69, 9.17) is 9.15 Å². The van der Waals surface area contributed by atoms with Gasteiger partial charge >= 0.3 is 0 Å². The molecule has 0 aliphatic carbocycles. The number of morpholine rings is 1. The number of carbonyl (C=O) groups is 2. The monoisotopic (exact) mass is 342 g/mol. The molecule has 0 saturated carbocycles. The maximum atomic E-state index is 12.8. The Morgan fingerprint density at radius 3 is 2.68 bits per heavy atom. The van der Waals surface area contributed by atoms with E-state index in [0.29, 0.717) is 18.9 Å². The molecule has 1 aromatic carbocycles. The predicted molar refractivity (Wildman–Crippen MR) is 91.9 cm³/mol. The number of furan rings is 1. The van der Waals surface area contributed by atoms with Crippen LogP contribution in [0.4, 0.5) is 0 Å². The van der Waals surface area contributed by atoms with Crippen molar-refractivity contribution >= 4 is 11.8 Å². The Morgan fingerprint density at radius 1 is 1.20 bits per heavy atom. The van der Waals surface area contributed by atoms with Gasteiger partial charge in [-0.25, -0.2) is 0 Å². The molecule has 132 valence electrons. The van der Waals surface area contributed by atoms with E-state index < -0.39 is 0 Å². The minimum atomic E-state index is -0.161. The summed E-state index contributed by atoms with van der Waals surface area (Å²) in [4.78, 5) is 25.6. The molecule has 1 aliphatic rings. The summed E-state index contributed by atoms with van der Waals surface area (Å²) < 4.78 is 11.5. The highest BCUT2D eigenvalue weighted by atomic mass is 16.5. The summed E-state index contributed by atoms with van der Waals surface area (Å²) in [5.41, 5.74) is 1.05. The molecule has 1 N–H and O–H groups in total. The number of ether oxygens (including phenoxy) is 1. The number of nitrogens with zero attached hydrogens (tertiary/aromatic N) is 1. The SMILES string of the molecule is CC(=O)NCc1ccc(C(=O)N2C[C@H](c3ccccc3)OC[C@@H]2C)o1. The first-order valence-electron chi connectivity index (χ1n) is 8.35. The van der Waals surface area contributed by atoms with Crippen LogP contribution in [-0.4, -0.2) is 35.9 Å². The maximum Gasteiger partial charge on any atom is 0.289 e. The van der Waals surface area contributed by atoms with Gasteiger partial charge in [0, 0.05) is 6.92 Å². The van der Waals surface area contributed by atoms with Crippen molar-refractivity contribution < 1.29 is 18.7 Å². The van der Waals surface area contributed by atoms with Gasteiger partial charge < -0.3 is 19.4 Å². The Labute approximate surface area is 146 Å². The molecule has 2 amide bonds. The number of hydrogen-bond donors (Lipinski definition) is 1. The van der Waals surface area contributed by atoms with Gasteiger partial charge in [0.05, 0.1) is 25.7 Å². The van der Waals surface area contributed by atoms with E-state index in [1.165, 1.54) is 6.92 Å². The molecule has 0 unspecified atom stereocenters. The fourth-order valence-corrected chi connectivity index (χ4v) is 2.85. The second-order valence-corrected chi connectivity index (χ2v) is 6.21. The lowest BCUT2D eigenvalue weighted by atomic mass is 10.1. The van der Waals surface area contributed by atoms with Gasteiger partial charge in [0.15, 0.2) is 5.76 Å². The molecule has 1 aromatic heterocycles. The molecule has 6 heteroatoms. The van der Waals surface area contributed by atoms with Gasteiger partial charge in [0.25, 0.3) is 5.91 Å². The zero-order valence-electron chi connectivity index (χ0n) is 14.4. The van der Waals surface area contributed by atoms with Gasteiger partial charge in [-0.05, 0) is 24.6 Å². The third-order valence-electron chi connectivity index (χ3n) is 4.25. The van der Waals surface area contributed by atoms with Crippen molar-refractivity contribution in [1.82, 2.24) is 10.2 Å². The average Bonchev–Trinajstić information content (AvgIpc) is 3.09. The molecule has 0 radical (unpaired) electrons. The fraction of sp³-hybridized carbons (Fsp3) is 0.368. The van der Waals surface area contributed by atoms with E-state index in [9.17, 15) is 9.59 Å². The lowest BCUT2D eigenvalue weighted by molar-refractivity contribution is -0.119. The maximum absolute atomic E-state index is 12.8. The van der Waals surface area contributed by atoms with E-state index in [2.05, 4.69) is 5.32 Å². The summed E-state index contributed by atoms with van der Waals surface area (Å²) >= 11 is 0. The van der Waals surface area contributed by atoms with Gasteiger partial charge in [0.2, 0.25) is 5.91 Å². The molecule has 1 aliphatic heterocycles. The Kier molecular flexibility index (Phi) is 5.19. The molecule has 2 atom stereocenters. The topological polar surface area (TPSA) is 71.8 Å². The minimum absolute atomic E-state index is 0.0312. The van der Waals surface area contributed by atoms with Crippen molar-refractivity contribution in [3.05, 3.63) is 59.5 Å². The van der Waals surface area contributed by atoms with Gasteiger partial charge in [-0.1, -0.05) is 30.3 Å². The van der Waals surface area contributed by atoms with Crippen LogP contribution in [0.3, 0.4) is 0 Å². The largest absolute Gasteiger partial charge is 0.454 e. The van der Waals surface area contributed by atoms with Crippen molar-refractivity contribution in [3.63, 3.8) is 0 Å². The lowest BCUT2D eigenvalue weighted by Crippen LogP contribution is -2.48. The van der Waals surface area contributed by atoms with Crippen LogP contribution in [0.25, 0.3) is 0 Å². The summed E-state index contributed by atoms with van der Waals surface area (Å²) in [7, 11) is 0. The number of nitrogens with one attached hydrogen (secondary N) is 1. The number of carbonyl (C=O) groups excluding carboxylic acids is 2. The quantitative estimate of drug-likeness (QED) is 0.927. The zero-order valence-corrected chi connectivity index (χ0v) is 14.4. The Morgan fingerprint density at radius 2 is 1.96 bits per heavy atom. The van der Waals surface area contributed by atoms with E-state index >= 15 is 0 Å². The number of amides is 2. The van der Waals surface area contributed by atoms with Crippen molar-refractivity contribution in [3.8, 4) is 0 Å². The van der Waals surface area contributed by atoms with E-state index in [0.717, 1.165) is 5.56 Å². The summed E-state index contributed by atoms with van der Waals surface area (Å²) in [6.45, 7) is 4.62. The van der Waals surface area contributed by atoms with Crippen LogP contribution in [0, 0.1) is 0 Å². The number of hydrogen-bond acceptors (Lipinski definition) is 4. The van der Waals surface area contributed by atoms with Gasteiger partial charge in [0.1, 0.15) is 11.9 Å². The van der Waals surface area contributed by atoms with Crippen LogP contribution < -0.4 is 5.32 Å². The molecule has 1 fully saturated rings. The normalized spacial score (nSPS) is 20.3. The first-order valence-corrected chi connectivity index (χ1v) is 8.35. The molecule has 2 aromatic rings. The van der Waals surface area contributed by atoms with Crippen LogP contribution in [0.2, 0.25) is 0 Å². The predicted octanol–water partition coefficient (Wildman–Crippen LogP) is 2.52. The van der Waals surface area contributed by atoms with Gasteiger partial charge in [-0.3, -0.25) is 9.59 Å². The first-order chi connectivity index (χ1) is 12.0. The Hall–Kier alpha value is -2.60. The molecule has 1 saturated heterocycles. The summed E-state index contributed by atoms with van der Waals surface area (Å²) in [5, 5.41) is 2.65. The van der Waals surface area contributed by atoms with Crippen molar-refractivity contribution in [2.45, 2.75) is 32.5 Å². The van der Waals surface area contributed by atoms with Crippen molar-refractivity contribution in [1.29, 1.82) is 0 Å². The highest BCUT2D eigenvalue weighted by molar-refractivity contribution is 5.91. The standard InChI is InChI=1S/C19H22N2O4/c1-13-12-24-18(15-6-4-3-5-7-15)11-21(13)19(23)17-9-8-16(25-17)10-20-14(2)22/h3-9,13,18H,10-12H2,1-2H3,(H,20,22)/t13-,18+/m0/s1. The molecule has 2 heterocycles. The second kappa shape index (κ2) is 7.53. The third-order valence-corrected chi connectivity index (χ3v) is 4.25. The highest BCUT2D eigenvalue weighted by Crippen LogP contribution is 2.26. The van der Waals surface area contributed by atoms with E-state index in [1.54, 1.807) is 17.0 Å². The van der Waals surface area contributed by atoms with Gasteiger partial charge in [-0.15, -0.1) is 0 Å². The highest BCUT2D eigenvalue weighted by Gasteiger charge is 2.32. The molecule has 3 rings (SSSR count). The molecule has 0 bridgehead atoms. The Balaban J connectivity index is 1.70. The lowest BCUT2D eigenvalue weighted by Gasteiger charge is -2.37. The van der Waals surface area contributed by atoms with Crippen molar-refractivity contribution in [2.75, 3.05) is 13.2 Å². The van der Waals surface area contributed by atoms with Gasteiger partial charge in [-0.2, -0.15) is 0 Å². The van der Waals surface area contributed by atoms with E-state index in [-0.39, 0.29) is 36.3 Å². The van der Waals surface area contributed by atoms with Crippen molar-refractivity contribution in [2.24, 2.45) is 0 Å². The van der Waals surface area contributed by atoms with Crippen LogP contribution in [0.15, 0.2) is 46.9 Å². The first kappa shape index (κ1) is 17.2. The molecule has 0 spiro atoms. The number of benzene rings is 1. The van der Waals surface area contributed by atoms with Crippen LogP contribution >= 0.6 is 0 Å². The van der Waals surface area contributed by atoms with E-state index in [1.807, 2.05) is 37.3 Å². The average molecular weight is 342 g/mol. The summed E-state index contributed by atoms with van der Waals surface area (Å²) in [6.07, 6.45) is -0.143. The number of rotatable bonds is 4. The summed E-state index contributed by atoms with van der Waals surface area (Å²) in [6, 6.07) is 13.2. The van der Waals surface area contributed by atoms with Crippen LogP contribution in [-0.2, 0) is 16.1 Å². The Bertz CT molecular complexity index is 741.